The number of oxazole rings is 1. The molecule has 0 spiro atoms. The molecule has 1 aromatic rings. The lowest BCUT2D eigenvalue weighted by Gasteiger charge is -2.23. The zero-order chi connectivity index (χ0) is 17.7. The van der Waals surface area contributed by atoms with Crippen molar-refractivity contribution in [1.82, 2.24) is 4.98 Å². The van der Waals surface area contributed by atoms with E-state index in [1.54, 1.807) is 0 Å². The van der Waals surface area contributed by atoms with Gasteiger partial charge in [-0.15, -0.1) is 0 Å². The van der Waals surface area contributed by atoms with E-state index in [0.29, 0.717) is 0 Å². The van der Waals surface area contributed by atoms with Crippen molar-refractivity contribution in [2.24, 2.45) is 0 Å². The van der Waals surface area contributed by atoms with E-state index in [4.69, 9.17) is 9.52 Å². The summed E-state index contributed by atoms with van der Waals surface area (Å²) >= 11 is 0. The molecule has 1 unspecified atom stereocenters. The third-order valence-corrected chi connectivity index (χ3v) is 2.90. The van der Waals surface area contributed by atoms with E-state index < -0.39 is 60.3 Å². The first kappa shape index (κ1) is 19.0. The van der Waals surface area contributed by atoms with Crippen LogP contribution in [-0.4, -0.2) is 81.6 Å². The van der Waals surface area contributed by atoms with Gasteiger partial charge in [0.2, 0.25) is 17.3 Å². The fourth-order valence-electron chi connectivity index (χ4n) is 1.60. The molecule has 5 N–H and O–H groups in total. The highest BCUT2D eigenvalue weighted by Gasteiger charge is 2.36. The molecule has 23 heavy (non-hydrogen) atoms. The van der Waals surface area contributed by atoms with Gasteiger partial charge >= 0.3 is 11.9 Å². The summed E-state index contributed by atoms with van der Waals surface area (Å²) in [7, 11) is 2.03. The predicted molar refractivity (Wildman–Crippen MR) is 69.2 cm³/mol. The van der Waals surface area contributed by atoms with Crippen molar-refractivity contribution >= 4 is 11.9 Å². The van der Waals surface area contributed by atoms with Gasteiger partial charge < -0.3 is 39.4 Å². The van der Waals surface area contributed by atoms with Crippen LogP contribution in [0.5, 0.6) is 0 Å². The van der Waals surface area contributed by atoms with E-state index in [1.807, 2.05) is 0 Å². The first-order valence-electron chi connectivity index (χ1n) is 6.28. The van der Waals surface area contributed by atoms with Crippen molar-refractivity contribution in [1.29, 1.82) is 0 Å². The molecule has 0 fully saturated rings. The molecule has 0 saturated heterocycles. The molecule has 130 valence electrons. The maximum atomic E-state index is 11.5. The standard InChI is InChI=1S/C12H17NO10/c1-21-11(19)5-9(12(20)22-2)23-10(13-5)8(18)7(17)6(16)4(15)3-14/h4,6-8,14-18H,3H2,1-2H3/t4-,6-,7+,8?/m1/s1. The van der Waals surface area contributed by atoms with Crippen LogP contribution in [0.4, 0.5) is 0 Å². The van der Waals surface area contributed by atoms with Gasteiger partial charge in [-0.3, -0.25) is 0 Å². The summed E-state index contributed by atoms with van der Waals surface area (Å²) < 4.78 is 13.7. The molecule has 0 saturated carbocycles. The van der Waals surface area contributed by atoms with E-state index in [1.165, 1.54) is 0 Å². The average molecular weight is 335 g/mol. The van der Waals surface area contributed by atoms with Crippen LogP contribution in [-0.2, 0) is 9.47 Å². The van der Waals surface area contributed by atoms with Crippen molar-refractivity contribution in [3.8, 4) is 0 Å². The quantitative estimate of drug-likeness (QED) is 0.328. The third-order valence-electron chi connectivity index (χ3n) is 2.90. The summed E-state index contributed by atoms with van der Waals surface area (Å²) in [5.41, 5.74) is -0.599. The summed E-state index contributed by atoms with van der Waals surface area (Å²) in [6.07, 6.45) is -7.71. The van der Waals surface area contributed by atoms with Crippen LogP contribution in [0, 0.1) is 0 Å². The Morgan fingerprint density at radius 2 is 1.65 bits per heavy atom. The van der Waals surface area contributed by atoms with Crippen LogP contribution in [0.25, 0.3) is 0 Å². The van der Waals surface area contributed by atoms with Gasteiger partial charge in [0.05, 0.1) is 20.8 Å². The number of hydrogen-bond donors (Lipinski definition) is 5. The minimum atomic E-state index is -2.02. The number of aromatic nitrogens is 1. The number of aliphatic hydroxyl groups excluding tert-OH is 5. The van der Waals surface area contributed by atoms with Gasteiger partial charge in [-0.05, 0) is 0 Å². The van der Waals surface area contributed by atoms with Gasteiger partial charge in [-0.1, -0.05) is 0 Å². The van der Waals surface area contributed by atoms with Crippen molar-refractivity contribution in [3.05, 3.63) is 17.3 Å². The number of carbonyl (C=O) groups is 2. The molecule has 0 radical (unpaired) electrons. The Morgan fingerprint density at radius 1 is 1.09 bits per heavy atom. The number of hydrogen-bond acceptors (Lipinski definition) is 11. The summed E-state index contributed by atoms with van der Waals surface area (Å²) in [6.45, 7) is -0.878. The molecular weight excluding hydrogens is 318 g/mol. The molecule has 0 aromatic carbocycles. The highest BCUT2D eigenvalue weighted by Crippen LogP contribution is 2.23. The number of nitrogens with zero attached hydrogens (tertiary/aromatic N) is 1. The largest absolute Gasteiger partial charge is 0.464 e. The maximum Gasteiger partial charge on any atom is 0.376 e. The van der Waals surface area contributed by atoms with Crippen LogP contribution in [0.15, 0.2) is 4.42 Å². The summed E-state index contributed by atoms with van der Waals surface area (Å²) in [6, 6.07) is 0. The molecule has 0 aliphatic carbocycles. The average Bonchev–Trinajstić information content (AvgIpc) is 3.02. The van der Waals surface area contributed by atoms with Gasteiger partial charge in [0.15, 0.2) is 6.10 Å². The number of rotatable bonds is 7. The molecule has 1 heterocycles. The van der Waals surface area contributed by atoms with Crippen LogP contribution >= 0.6 is 0 Å². The van der Waals surface area contributed by atoms with Crippen molar-refractivity contribution in [2.75, 3.05) is 20.8 Å². The van der Waals surface area contributed by atoms with Gasteiger partial charge in [-0.25, -0.2) is 14.6 Å². The van der Waals surface area contributed by atoms with Gasteiger partial charge in [-0.2, -0.15) is 0 Å². The zero-order valence-corrected chi connectivity index (χ0v) is 12.2. The van der Waals surface area contributed by atoms with Crippen LogP contribution in [0.3, 0.4) is 0 Å². The molecule has 0 aliphatic rings. The number of ether oxygens (including phenoxy) is 2. The van der Waals surface area contributed by atoms with E-state index >= 15 is 0 Å². The fraction of sp³-hybridized carbons (Fsp3) is 0.583. The van der Waals surface area contributed by atoms with Crippen LogP contribution < -0.4 is 0 Å². The van der Waals surface area contributed by atoms with Gasteiger partial charge in [0.25, 0.3) is 0 Å². The van der Waals surface area contributed by atoms with Crippen molar-refractivity contribution in [2.45, 2.75) is 24.4 Å². The van der Waals surface area contributed by atoms with E-state index in [2.05, 4.69) is 14.5 Å². The Balaban J connectivity index is 3.15. The van der Waals surface area contributed by atoms with Crippen LogP contribution in [0.1, 0.15) is 33.0 Å². The minimum absolute atomic E-state index is 0.599. The maximum absolute atomic E-state index is 11.5. The smallest absolute Gasteiger partial charge is 0.376 e. The molecule has 11 heteroatoms. The first-order valence-corrected chi connectivity index (χ1v) is 6.28. The van der Waals surface area contributed by atoms with Crippen molar-refractivity contribution < 1.29 is 49.0 Å². The molecular formula is C12H17NO10. The minimum Gasteiger partial charge on any atom is -0.464 e. The highest BCUT2D eigenvalue weighted by atomic mass is 16.5. The molecule has 1 rings (SSSR count). The lowest BCUT2D eigenvalue weighted by atomic mass is 10.0. The van der Waals surface area contributed by atoms with Crippen LogP contribution in [0.2, 0.25) is 0 Å². The number of esters is 2. The molecule has 0 aliphatic heterocycles. The fourth-order valence-corrected chi connectivity index (χ4v) is 1.60. The SMILES string of the molecule is COC(=O)c1nc(C(O)[C@@H](O)[C@H](O)[C@H](O)CO)oc1C(=O)OC. The highest BCUT2D eigenvalue weighted by molar-refractivity contribution is 5.99. The molecule has 1 aromatic heterocycles. The summed E-state index contributed by atoms with van der Waals surface area (Å²) in [5, 5.41) is 47.1. The lowest BCUT2D eigenvalue weighted by Crippen LogP contribution is -2.42. The molecule has 4 atom stereocenters. The Bertz CT molecular complexity index is 523. The monoisotopic (exact) mass is 335 g/mol. The van der Waals surface area contributed by atoms with E-state index in [-0.39, 0.29) is 0 Å². The Labute approximate surface area is 129 Å². The number of methoxy groups -OCH3 is 2. The van der Waals surface area contributed by atoms with Gasteiger partial charge in [0.1, 0.15) is 18.3 Å². The normalized spacial score (nSPS) is 16.3. The Hall–Kier alpha value is -2.05. The molecule has 0 amide bonds. The second kappa shape index (κ2) is 7.99. The number of aliphatic hydroxyl groups is 5. The Kier molecular flexibility index (Phi) is 6.60. The third kappa shape index (κ3) is 4.03. The zero-order valence-electron chi connectivity index (χ0n) is 12.2. The topological polar surface area (TPSA) is 180 Å². The Morgan fingerprint density at radius 3 is 2.13 bits per heavy atom. The number of carbonyl (C=O) groups excluding carboxylic acids is 2. The van der Waals surface area contributed by atoms with Gasteiger partial charge in [0, 0.05) is 0 Å². The first-order chi connectivity index (χ1) is 10.8. The second-order valence-electron chi connectivity index (χ2n) is 4.39. The molecule has 11 nitrogen and oxygen atoms in total. The van der Waals surface area contributed by atoms with E-state index in [0.717, 1.165) is 14.2 Å². The second-order valence-corrected chi connectivity index (χ2v) is 4.39. The van der Waals surface area contributed by atoms with E-state index in [9.17, 15) is 30.0 Å². The lowest BCUT2D eigenvalue weighted by molar-refractivity contribution is -0.121. The predicted octanol–water partition coefficient (Wildman–Crippen LogP) is -2.64. The summed E-state index contributed by atoms with van der Waals surface area (Å²) in [4.78, 5) is 26.6. The van der Waals surface area contributed by atoms with Crippen molar-refractivity contribution in [3.63, 3.8) is 0 Å². The molecule has 0 bridgehead atoms. The summed E-state index contributed by atoms with van der Waals surface area (Å²) in [5.74, 6) is -3.50.